The number of anilines is 1. The number of esters is 2. The third-order valence-corrected chi connectivity index (χ3v) is 4.13. The Kier molecular flexibility index (Phi) is 5.07. The Morgan fingerprint density at radius 1 is 1.11 bits per heavy atom. The van der Waals surface area contributed by atoms with Gasteiger partial charge in [-0.25, -0.2) is 19.6 Å². The molecule has 0 aliphatic rings. The molecule has 3 aromatic rings. The van der Waals surface area contributed by atoms with Gasteiger partial charge >= 0.3 is 11.9 Å². The SMILES string of the molecule is CCOC(=O)c1c(C)[nH]c(C(=O)OCc2nc(N)c3ccccc3n2)c1C. The molecule has 8 heteroatoms. The smallest absolute Gasteiger partial charge is 0.355 e. The summed E-state index contributed by atoms with van der Waals surface area (Å²) in [6, 6.07) is 7.32. The van der Waals surface area contributed by atoms with Crippen molar-refractivity contribution in [3.63, 3.8) is 0 Å². The number of carbonyl (C=O) groups is 2. The van der Waals surface area contributed by atoms with Gasteiger partial charge in [-0.1, -0.05) is 12.1 Å². The molecule has 3 N–H and O–H groups in total. The van der Waals surface area contributed by atoms with Crippen molar-refractivity contribution >= 4 is 28.7 Å². The molecule has 0 unspecified atom stereocenters. The number of carbonyl (C=O) groups excluding carboxylic acids is 2. The van der Waals surface area contributed by atoms with Crippen molar-refractivity contribution in [2.45, 2.75) is 27.4 Å². The first-order chi connectivity index (χ1) is 12.9. The van der Waals surface area contributed by atoms with Gasteiger partial charge in [0.2, 0.25) is 0 Å². The lowest BCUT2D eigenvalue weighted by Crippen LogP contribution is -2.11. The summed E-state index contributed by atoms with van der Waals surface area (Å²) in [4.78, 5) is 35.9. The first kappa shape index (κ1) is 18.4. The van der Waals surface area contributed by atoms with Gasteiger partial charge in [0.1, 0.15) is 11.5 Å². The largest absolute Gasteiger partial charge is 0.462 e. The number of aromatic amines is 1. The molecule has 0 saturated heterocycles. The second kappa shape index (κ2) is 7.45. The van der Waals surface area contributed by atoms with Gasteiger partial charge in [0.15, 0.2) is 12.4 Å². The number of nitrogens with zero attached hydrogens (tertiary/aromatic N) is 2. The van der Waals surface area contributed by atoms with Crippen LogP contribution in [0, 0.1) is 13.8 Å². The third-order valence-electron chi connectivity index (χ3n) is 4.13. The summed E-state index contributed by atoms with van der Waals surface area (Å²) in [5.74, 6) is -0.468. The fraction of sp³-hybridized carbons (Fsp3) is 0.263. The lowest BCUT2D eigenvalue weighted by Gasteiger charge is -2.07. The molecule has 0 amide bonds. The average Bonchev–Trinajstić information content (AvgIpc) is 2.94. The number of benzene rings is 1. The number of nitrogen functional groups attached to an aromatic ring is 1. The molecule has 2 heterocycles. The number of para-hydroxylation sites is 1. The Bertz CT molecular complexity index is 1030. The predicted octanol–water partition coefficient (Wildman–Crippen LogP) is 2.69. The standard InChI is InChI=1S/C19H20N4O4/c1-4-26-18(24)15-10(2)16(21-11(15)3)19(25)27-9-14-22-13-8-6-5-7-12(13)17(20)23-14/h5-8,21H,4,9H2,1-3H3,(H2,20,22,23). The number of ether oxygens (including phenoxy) is 2. The van der Waals surface area contributed by atoms with E-state index < -0.39 is 11.9 Å². The summed E-state index contributed by atoms with van der Waals surface area (Å²) in [6.07, 6.45) is 0. The van der Waals surface area contributed by atoms with Crippen LogP contribution in [0.1, 0.15) is 44.9 Å². The molecule has 0 spiro atoms. The minimum absolute atomic E-state index is 0.139. The Balaban J connectivity index is 1.79. The number of fused-ring (bicyclic) bond motifs is 1. The van der Waals surface area contributed by atoms with E-state index in [1.54, 1.807) is 20.8 Å². The van der Waals surface area contributed by atoms with E-state index >= 15 is 0 Å². The van der Waals surface area contributed by atoms with Crippen LogP contribution in [0.2, 0.25) is 0 Å². The zero-order valence-corrected chi connectivity index (χ0v) is 15.3. The van der Waals surface area contributed by atoms with Crippen molar-refractivity contribution in [1.29, 1.82) is 0 Å². The number of H-pyrrole nitrogens is 1. The predicted molar refractivity (Wildman–Crippen MR) is 99.3 cm³/mol. The molecule has 0 atom stereocenters. The minimum Gasteiger partial charge on any atom is -0.462 e. The third kappa shape index (κ3) is 3.59. The first-order valence-electron chi connectivity index (χ1n) is 8.46. The van der Waals surface area contributed by atoms with Gasteiger partial charge < -0.3 is 20.2 Å². The van der Waals surface area contributed by atoms with Crippen molar-refractivity contribution in [1.82, 2.24) is 15.0 Å². The van der Waals surface area contributed by atoms with Gasteiger partial charge in [-0.2, -0.15) is 0 Å². The quantitative estimate of drug-likeness (QED) is 0.664. The fourth-order valence-electron chi connectivity index (χ4n) is 2.88. The maximum absolute atomic E-state index is 12.4. The molecule has 0 radical (unpaired) electrons. The van der Waals surface area contributed by atoms with Crippen molar-refractivity contribution in [3.8, 4) is 0 Å². The summed E-state index contributed by atoms with van der Waals surface area (Å²) in [7, 11) is 0. The second-order valence-electron chi connectivity index (χ2n) is 5.96. The Morgan fingerprint density at radius 2 is 1.85 bits per heavy atom. The van der Waals surface area contributed by atoms with Crippen molar-refractivity contribution < 1.29 is 19.1 Å². The molecule has 0 saturated carbocycles. The lowest BCUT2D eigenvalue weighted by atomic mass is 10.1. The zero-order chi connectivity index (χ0) is 19.6. The second-order valence-corrected chi connectivity index (χ2v) is 5.96. The summed E-state index contributed by atoms with van der Waals surface area (Å²) in [6.45, 7) is 5.20. The summed E-state index contributed by atoms with van der Waals surface area (Å²) in [5.41, 5.74) is 8.18. The number of hydrogen-bond donors (Lipinski definition) is 2. The summed E-state index contributed by atoms with van der Waals surface area (Å²) in [5, 5.41) is 0.738. The Hall–Kier alpha value is -3.42. The molecule has 0 bridgehead atoms. The van der Waals surface area contributed by atoms with E-state index in [2.05, 4.69) is 15.0 Å². The van der Waals surface area contributed by atoms with Gasteiger partial charge in [0.05, 0.1) is 17.7 Å². The molecule has 0 aliphatic carbocycles. The number of nitrogens with two attached hydrogens (primary N) is 1. The molecular formula is C19H20N4O4. The fourth-order valence-corrected chi connectivity index (χ4v) is 2.88. The van der Waals surface area contributed by atoms with Crippen molar-refractivity contribution in [2.75, 3.05) is 12.3 Å². The first-order valence-corrected chi connectivity index (χ1v) is 8.46. The molecule has 140 valence electrons. The van der Waals surface area contributed by atoms with Gasteiger partial charge in [-0.15, -0.1) is 0 Å². The highest BCUT2D eigenvalue weighted by molar-refractivity contribution is 5.98. The highest BCUT2D eigenvalue weighted by atomic mass is 16.5. The monoisotopic (exact) mass is 368 g/mol. The van der Waals surface area contributed by atoms with E-state index in [9.17, 15) is 9.59 Å². The molecule has 3 rings (SSSR count). The number of aryl methyl sites for hydroxylation is 1. The van der Waals surface area contributed by atoms with Crippen molar-refractivity contribution in [3.05, 3.63) is 52.6 Å². The maximum Gasteiger partial charge on any atom is 0.355 e. The Morgan fingerprint density at radius 3 is 2.59 bits per heavy atom. The Labute approximate surface area is 155 Å². The summed E-state index contributed by atoms with van der Waals surface area (Å²) >= 11 is 0. The highest BCUT2D eigenvalue weighted by Crippen LogP contribution is 2.21. The van der Waals surface area contributed by atoms with E-state index in [1.807, 2.05) is 24.3 Å². The average molecular weight is 368 g/mol. The van der Waals surface area contributed by atoms with Crippen LogP contribution in [-0.4, -0.2) is 33.5 Å². The van der Waals surface area contributed by atoms with Crippen LogP contribution < -0.4 is 5.73 Å². The van der Waals surface area contributed by atoms with Crippen LogP contribution in [0.25, 0.3) is 10.9 Å². The normalized spacial score (nSPS) is 10.8. The lowest BCUT2D eigenvalue weighted by molar-refractivity contribution is 0.0455. The minimum atomic E-state index is -0.610. The van der Waals surface area contributed by atoms with Crippen LogP contribution >= 0.6 is 0 Å². The van der Waals surface area contributed by atoms with Gasteiger partial charge in [-0.3, -0.25) is 0 Å². The van der Waals surface area contributed by atoms with E-state index in [1.165, 1.54) is 0 Å². The van der Waals surface area contributed by atoms with Crippen LogP contribution in [0.4, 0.5) is 5.82 Å². The molecule has 0 aliphatic heterocycles. The van der Waals surface area contributed by atoms with Gasteiger partial charge in [0.25, 0.3) is 0 Å². The van der Waals surface area contributed by atoms with Crippen LogP contribution in [0.3, 0.4) is 0 Å². The topological polar surface area (TPSA) is 120 Å². The number of hydrogen-bond acceptors (Lipinski definition) is 7. The molecule has 1 aromatic carbocycles. The van der Waals surface area contributed by atoms with Crippen LogP contribution in [-0.2, 0) is 16.1 Å². The summed E-state index contributed by atoms with van der Waals surface area (Å²) < 4.78 is 10.3. The molecule has 0 fully saturated rings. The molecular weight excluding hydrogens is 348 g/mol. The van der Waals surface area contributed by atoms with Gasteiger partial charge in [0, 0.05) is 11.1 Å². The van der Waals surface area contributed by atoms with E-state index in [-0.39, 0.29) is 18.9 Å². The zero-order valence-electron chi connectivity index (χ0n) is 15.3. The van der Waals surface area contributed by atoms with Crippen LogP contribution in [0.15, 0.2) is 24.3 Å². The van der Waals surface area contributed by atoms with E-state index in [0.29, 0.717) is 34.0 Å². The maximum atomic E-state index is 12.4. The number of aromatic nitrogens is 3. The van der Waals surface area contributed by atoms with E-state index in [0.717, 1.165) is 5.39 Å². The van der Waals surface area contributed by atoms with Crippen molar-refractivity contribution in [2.24, 2.45) is 0 Å². The highest BCUT2D eigenvalue weighted by Gasteiger charge is 2.24. The number of rotatable bonds is 5. The van der Waals surface area contributed by atoms with Gasteiger partial charge in [-0.05, 0) is 38.5 Å². The molecule has 27 heavy (non-hydrogen) atoms. The molecule has 2 aromatic heterocycles. The molecule has 8 nitrogen and oxygen atoms in total. The van der Waals surface area contributed by atoms with E-state index in [4.69, 9.17) is 15.2 Å². The number of nitrogens with one attached hydrogen (secondary N) is 1. The van der Waals surface area contributed by atoms with Crippen LogP contribution in [0.5, 0.6) is 0 Å².